The standard InChI is InChI=1S/C20H24N2O4/c1-13(20(26)15-6-8-18(24)9-7-15)21-11-10-19(25)16-4-3-5-17(12-16)22-14(2)23/h3-9,12-13,20-21,24,26H,10-11H2,1-2H3,(H,22,23). The van der Waals surface area contributed by atoms with Gasteiger partial charge < -0.3 is 20.8 Å². The van der Waals surface area contributed by atoms with Crippen molar-refractivity contribution in [1.29, 1.82) is 0 Å². The molecule has 0 heterocycles. The van der Waals surface area contributed by atoms with Crippen molar-refractivity contribution in [2.24, 2.45) is 0 Å². The number of hydrogen-bond donors (Lipinski definition) is 4. The third-order valence-electron chi connectivity index (χ3n) is 4.03. The van der Waals surface area contributed by atoms with E-state index in [0.29, 0.717) is 23.4 Å². The number of ketones is 1. The summed E-state index contributed by atoms with van der Waals surface area (Å²) in [4.78, 5) is 23.4. The number of Topliss-reactive ketones (excluding diaryl/α,β-unsaturated/α-hetero) is 1. The molecular weight excluding hydrogens is 332 g/mol. The van der Waals surface area contributed by atoms with Gasteiger partial charge in [0, 0.05) is 37.2 Å². The van der Waals surface area contributed by atoms with E-state index >= 15 is 0 Å². The minimum absolute atomic E-state index is 0.0453. The quantitative estimate of drug-likeness (QED) is 0.545. The molecule has 6 heteroatoms. The number of nitrogens with one attached hydrogen (secondary N) is 2. The molecule has 0 spiro atoms. The van der Waals surface area contributed by atoms with Crippen LogP contribution in [0.2, 0.25) is 0 Å². The van der Waals surface area contributed by atoms with Crippen molar-refractivity contribution in [3.8, 4) is 5.75 Å². The fourth-order valence-electron chi connectivity index (χ4n) is 2.60. The lowest BCUT2D eigenvalue weighted by Crippen LogP contribution is -2.33. The summed E-state index contributed by atoms with van der Waals surface area (Å²) >= 11 is 0. The van der Waals surface area contributed by atoms with Crippen LogP contribution >= 0.6 is 0 Å². The van der Waals surface area contributed by atoms with E-state index in [2.05, 4.69) is 10.6 Å². The maximum atomic E-state index is 12.3. The Bertz CT molecular complexity index is 759. The maximum Gasteiger partial charge on any atom is 0.221 e. The average molecular weight is 356 g/mol. The third-order valence-corrected chi connectivity index (χ3v) is 4.03. The van der Waals surface area contributed by atoms with Crippen LogP contribution in [0.25, 0.3) is 0 Å². The fraction of sp³-hybridized carbons (Fsp3) is 0.300. The van der Waals surface area contributed by atoms with E-state index in [1.54, 1.807) is 36.4 Å². The second-order valence-corrected chi connectivity index (χ2v) is 6.21. The molecule has 2 aromatic rings. The minimum atomic E-state index is -0.742. The molecule has 6 nitrogen and oxygen atoms in total. The average Bonchev–Trinajstić information content (AvgIpc) is 2.61. The topological polar surface area (TPSA) is 98.7 Å². The van der Waals surface area contributed by atoms with Gasteiger partial charge in [0.2, 0.25) is 5.91 Å². The molecule has 0 saturated heterocycles. The van der Waals surface area contributed by atoms with Crippen molar-refractivity contribution in [3.63, 3.8) is 0 Å². The number of aromatic hydroxyl groups is 1. The molecule has 4 N–H and O–H groups in total. The van der Waals surface area contributed by atoms with Crippen LogP contribution in [0.3, 0.4) is 0 Å². The van der Waals surface area contributed by atoms with E-state index in [1.807, 2.05) is 6.92 Å². The molecule has 0 aliphatic rings. The van der Waals surface area contributed by atoms with E-state index in [9.17, 15) is 19.8 Å². The zero-order chi connectivity index (χ0) is 19.1. The summed E-state index contributed by atoms with van der Waals surface area (Å²) in [6, 6.07) is 12.9. The van der Waals surface area contributed by atoms with Crippen LogP contribution in [0, 0.1) is 0 Å². The van der Waals surface area contributed by atoms with Crippen LogP contribution in [0.15, 0.2) is 48.5 Å². The first-order valence-corrected chi connectivity index (χ1v) is 8.48. The van der Waals surface area contributed by atoms with Crippen molar-refractivity contribution >= 4 is 17.4 Å². The number of aliphatic hydroxyl groups is 1. The van der Waals surface area contributed by atoms with Crippen LogP contribution in [0.4, 0.5) is 5.69 Å². The van der Waals surface area contributed by atoms with Gasteiger partial charge in [0.25, 0.3) is 0 Å². The summed E-state index contributed by atoms with van der Waals surface area (Å²) in [6.07, 6.45) is -0.468. The molecular formula is C20H24N2O4. The number of anilines is 1. The van der Waals surface area contributed by atoms with Gasteiger partial charge in [-0.25, -0.2) is 0 Å². The lowest BCUT2D eigenvalue weighted by Gasteiger charge is -2.20. The highest BCUT2D eigenvalue weighted by Crippen LogP contribution is 2.19. The van der Waals surface area contributed by atoms with Gasteiger partial charge in [0.1, 0.15) is 5.75 Å². The second kappa shape index (κ2) is 9.12. The number of benzene rings is 2. The maximum absolute atomic E-state index is 12.3. The molecule has 0 aliphatic heterocycles. The Balaban J connectivity index is 1.85. The first-order chi connectivity index (χ1) is 12.4. The normalized spacial score (nSPS) is 13.0. The lowest BCUT2D eigenvalue weighted by atomic mass is 10.0. The van der Waals surface area contributed by atoms with Gasteiger partial charge >= 0.3 is 0 Å². The molecule has 2 unspecified atom stereocenters. The molecule has 2 aromatic carbocycles. The van der Waals surface area contributed by atoms with Crippen molar-refractivity contribution < 1.29 is 19.8 Å². The number of amides is 1. The number of aliphatic hydroxyl groups excluding tert-OH is 1. The minimum Gasteiger partial charge on any atom is -0.508 e. The van der Waals surface area contributed by atoms with Crippen LogP contribution in [-0.4, -0.2) is 34.5 Å². The smallest absolute Gasteiger partial charge is 0.221 e. The van der Waals surface area contributed by atoms with Crippen molar-refractivity contribution in [1.82, 2.24) is 5.32 Å². The number of phenols is 1. The molecule has 26 heavy (non-hydrogen) atoms. The summed E-state index contributed by atoms with van der Waals surface area (Å²) in [5.74, 6) is -0.0852. The molecule has 0 radical (unpaired) electrons. The number of carbonyl (C=O) groups excluding carboxylic acids is 2. The largest absolute Gasteiger partial charge is 0.508 e. The molecule has 0 bridgehead atoms. The predicted octanol–water partition coefficient (Wildman–Crippen LogP) is 2.64. The van der Waals surface area contributed by atoms with Gasteiger partial charge in [-0.05, 0) is 36.8 Å². The molecule has 2 atom stereocenters. The fourth-order valence-corrected chi connectivity index (χ4v) is 2.60. The van der Waals surface area contributed by atoms with Gasteiger partial charge in [-0.1, -0.05) is 24.3 Å². The lowest BCUT2D eigenvalue weighted by molar-refractivity contribution is -0.114. The Kier molecular flexibility index (Phi) is 6.89. The van der Waals surface area contributed by atoms with E-state index in [-0.39, 0.29) is 29.9 Å². The molecule has 1 amide bonds. The number of rotatable bonds is 8. The Hall–Kier alpha value is -2.70. The number of phenolic OH excluding ortho intramolecular Hbond substituents is 1. The Labute approximate surface area is 152 Å². The first kappa shape index (κ1) is 19.6. The highest BCUT2D eigenvalue weighted by Gasteiger charge is 2.16. The van der Waals surface area contributed by atoms with Crippen LogP contribution in [0.5, 0.6) is 5.75 Å². The third kappa shape index (κ3) is 5.68. The summed E-state index contributed by atoms with van der Waals surface area (Å²) in [7, 11) is 0. The summed E-state index contributed by atoms with van der Waals surface area (Å²) in [5, 5.41) is 25.4. The van der Waals surface area contributed by atoms with Crippen molar-refractivity contribution in [2.75, 3.05) is 11.9 Å². The highest BCUT2D eigenvalue weighted by molar-refractivity contribution is 5.98. The molecule has 0 aliphatic carbocycles. The van der Waals surface area contributed by atoms with E-state index in [1.165, 1.54) is 19.1 Å². The molecule has 2 rings (SSSR count). The Morgan fingerprint density at radius 3 is 2.46 bits per heavy atom. The van der Waals surface area contributed by atoms with E-state index in [4.69, 9.17) is 0 Å². The van der Waals surface area contributed by atoms with Crippen molar-refractivity contribution in [3.05, 3.63) is 59.7 Å². The Morgan fingerprint density at radius 2 is 1.81 bits per heavy atom. The van der Waals surface area contributed by atoms with E-state index < -0.39 is 6.10 Å². The second-order valence-electron chi connectivity index (χ2n) is 6.21. The number of hydrogen-bond acceptors (Lipinski definition) is 5. The van der Waals surface area contributed by atoms with Gasteiger partial charge in [0.15, 0.2) is 5.78 Å². The van der Waals surface area contributed by atoms with Crippen molar-refractivity contribution in [2.45, 2.75) is 32.4 Å². The molecule has 0 saturated carbocycles. The Morgan fingerprint density at radius 1 is 1.12 bits per heavy atom. The van der Waals surface area contributed by atoms with Gasteiger partial charge in [0.05, 0.1) is 6.10 Å². The highest BCUT2D eigenvalue weighted by atomic mass is 16.3. The van der Waals surface area contributed by atoms with Gasteiger partial charge in [-0.3, -0.25) is 9.59 Å². The van der Waals surface area contributed by atoms with Crippen LogP contribution < -0.4 is 10.6 Å². The SMILES string of the molecule is CC(=O)Nc1cccc(C(=O)CCNC(C)C(O)c2ccc(O)cc2)c1. The number of carbonyl (C=O) groups is 2. The zero-order valence-corrected chi connectivity index (χ0v) is 14.9. The summed E-state index contributed by atoms with van der Waals surface area (Å²) < 4.78 is 0. The van der Waals surface area contributed by atoms with Gasteiger partial charge in [-0.15, -0.1) is 0 Å². The summed E-state index contributed by atoms with van der Waals surface area (Å²) in [5.41, 5.74) is 1.81. The summed E-state index contributed by atoms with van der Waals surface area (Å²) in [6.45, 7) is 3.66. The van der Waals surface area contributed by atoms with Gasteiger partial charge in [-0.2, -0.15) is 0 Å². The molecule has 138 valence electrons. The monoisotopic (exact) mass is 356 g/mol. The molecule has 0 fully saturated rings. The molecule has 0 aromatic heterocycles. The van der Waals surface area contributed by atoms with E-state index in [0.717, 1.165) is 0 Å². The zero-order valence-electron chi connectivity index (χ0n) is 14.9. The van der Waals surface area contributed by atoms with Crippen LogP contribution in [0.1, 0.15) is 42.3 Å². The first-order valence-electron chi connectivity index (χ1n) is 8.48. The predicted molar refractivity (Wildman–Crippen MR) is 100 cm³/mol. The van der Waals surface area contributed by atoms with Crippen LogP contribution in [-0.2, 0) is 4.79 Å².